The average Bonchev–Trinajstić information content (AvgIpc) is 3.47. The van der Waals surface area contributed by atoms with Gasteiger partial charge in [-0.1, -0.05) is 55.4 Å². The van der Waals surface area contributed by atoms with Crippen LogP contribution in [0.15, 0.2) is 0 Å². The molecule has 0 saturated heterocycles. The van der Waals surface area contributed by atoms with Gasteiger partial charge in [0.1, 0.15) is 6.04 Å². The van der Waals surface area contributed by atoms with Crippen LogP contribution in [0.4, 0.5) is 0 Å². The first-order valence-corrected chi connectivity index (χ1v) is 30.2. The van der Waals surface area contributed by atoms with Gasteiger partial charge in [0.15, 0.2) is 17.3 Å². The number of amides is 5. The molecule has 0 aliphatic carbocycles. The molecule has 0 aliphatic rings. The molecule has 0 radical (unpaired) electrons. The molecule has 0 aliphatic heterocycles. The highest BCUT2D eigenvalue weighted by Gasteiger charge is 2.37. The van der Waals surface area contributed by atoms with E-state index in [1.165, 1.54) is 19.6 Å². The fourth-order valence-corrected chi connectivity index (χ4v) is 10.5. The van der Waals surface area contributed by atoms with Crippen LogP contribution in [0.2, 0.25) is 0 Å². The largest absolute Gasteiger partial charge is 0.481 e. The summed E-state index contributed by atoms with van der Waals surface area (Å²) < 4.78 is 0. The standard InChI is InChI=1S/C60H99N5O20/c1-39(2)56(43(66)21-9-12-24-46(69)63(36-18-31-53(79)80)57(40(3)4)44(67)22-10-13-28-50(73)74)62(35-17-27-49(72)65(38-20-33-55(83)84)59(42(7)8)60(85)61-34-16-30-52(77)78)47(70)25-15-26-48(71)64(37-19-32-54(81)82)58(41(5)6)45(68)23-11-14-29-51(75)76/h39-42,56-59H,9-38H2,1-8H3,(H,61,85)(H,73,74)(H,75,76)(H,77,78)(H,79,80)(H,81,82)(H,83,84). The molecular formula is C60H99N5O20. The molecule has 4 unspecified atom stereocenters. The van der Waals surface area contributed by atoms with Crippen LogP contribution in [-0.2, 0) is 67.1 Å². The van der Waals surface area contributed by atoms with Gasteiger partial charge in [-0.15, -0.1) is 0 Å². The third-order valence-electron chi connectivity index (χ3n) is 14.4. The van der Waals surface area contributed by atoms with Crippen LogP contribution < -0.4 is 5.32 Å². The molecule has 0 fully saturated rings. The maximum absolute atomic E-state index is 14.6. The highest BCUT2D eigenvalue weighted by molar-refractivity contribution is 5.92. The molecule has 5 amide bonds. The number of aliphatic carboxylic acids is 6. The van der Waals surface area contributed by atoms with Crippen molar-refractivity contribution in [3.63, 3.8) is 0 Å². The lowest BCUT2D eigenvalue weighted by atomic mass is 9.92. The molecule has 0 spiro atoms. The van der Waals surface area contributed by atoms with Gasteiger partial charge in [0.2, 0.25) is 29.5 Å². The number of hydrogen-bond donors (Lipinski definition) is 7. The zero-order valence-electron chi connectivity index (χ0n) is 51.5. The van der Waals surface area contributed by atoms with Crippen molar-refractivity contribution in [1.82, 2.24) is 24.9 Å². The number of carboxylic acid groups (broad SMARTS) is 6. The van der Waals surface area contributed by atoms with Gasteiger partial charge in [0.25, 0.3) is 0 Å². The maximum atomic E-state index is 14.6. The van der Waals surface area contributed by atoms with Gasteiger partial charge in [-0.2, -0.15) is 0 Å². The number of rotatable bonds is 51. The van der Waals surface area contributed by atoms with Crippen molar-refractivity contribution in [2.45, 2.75) is 240 Å². The fraction of sp³-hybridized carbons (Fsp3) is 0.767. The summed E-state index contributed by atoms with van der Waals surface area (Å²) in [5, 5.41) is 58.1. The van der Waals surface area contributed by atoms with Crippen molar-refractivity contribution < 1.29 is 97.8 Å². The van der Waals surface area contributed by atoms with Crippen molar-refractivity contribution in [2.75, 3.05) is 32.7 Å². The summed E-state index contributed by atoms with van der Waals surface area (Å²) in [4.78, 5) is 185. The van der Waals surface area contributed by atoms with E-state index in [2.05, 4.69) is 5.32 Å². The van der Waals surface area contributed by atoms with Crippen LogP contribution in [0.3, 0.4) is 0 Å². The predicted molar refractivity (Wildman–Crippen MR) is 311 cm³/mol. The highest BCUT2D eigenvalue weighted by atomic mass is 16.4. The zero-order valence-corrected chi connectivity index (χ0v) is 51.5. The van der Waals surface area contributed by atoms with E-state index in [1.807, 2.05) is 0 Å². The minimum Gasteiger partial charge on any atom is -0.481 e. The van der Waals surface area contributed by atoms with Crippen LogP contribution in [0.5, 0.6) is 0 Å². The van der Waals surface area contributed by atoms with E-state index in [4.69, 9.17) is 15.3 Å². The number of unbranched alkanes of at least 4 members (excludes halogenated alkanes) is 3. The minimum atomic E-state index is -1.13. The smallest absolute Gasteiger partial charge is 0.303 e. The van der Waals surface area contributed by atoms with Crippen molar-refractivity contribution in [2.24, 2.45) is 23.7 Å². The maximum Gasteiger partial charge on any atom is 0.303 e. The van der Waals surface area contributed by atoms with E-state index in [0.717, 1.165) is 0 Å². The van der Waals surface area contributed by atoms with Crippen LogP contribution in [-0.4, -0.2) is 190 Å². The molecule has 484 valence electrons. The second kappa shape index (κ2) is 42.9. The Kier molecular flexibility index (Phi) is 39.5. The highest BCUT2D eigenvalue weighted by Crippen LogP contribution is 2.25. The summed E-state index contributed by atoms with van der Waals surface area (Å²) in [6, 6.07) is -4.08. The Balaban J connectivity index is 7.05. The Morgan fingerprint density at radius 3 is 0.765 bits per heavy atom. The Morgan fingerprint density at radius 2 is 0.482 bits per heavy atom. The summed E-state index contributed by atoms with van der Waals surface area (Å²) in [7, 11) is 0. The summed E-state index contributed by atoms with van der Waals surface area (Å²) in [5.41, 5.74) is 0. The monoisotopic (exact) mass is 1210 g/mol. The second-order valence-corrected chi connectivity index (χ2v) is 23.1. The van der Waals surface area contributed by atoms with E-state index in [-0.39, 0.29) is 211 Å². The molecule has 0 heterocycles. The molecule has 7 N–H and O–H groups in total. The number of carbonyl (C=O) groups is 14. The lowest BCUT2D eigenvalue weighted by Crippen LogP contribution is -2.53. The topological polar surface area (TPSA) is 385 Å². The van der Waals surface area contributed by atoms with Gasteiger partial charge in [-0.3, -0.25) is 67.1 Å². The van der Waals surface area contributed by atoms with Crippen LogP contribution in [0.25, 0.3) is 0 Å². The molecular weight excluding hydrogens is 1110 g/mol. The van der Waals surface area contributed by atoms with Gasteiger partial charge in [0, 0.05) is 116 Å². The molecule has 4 atom stereocenters. The molecule has 85 heavy (non-hydrogen) atoms. The summed E-state index contributed by atoms with van der Waals surface area (Å²) in [5.74, 6) is -12.0. The fourth-order valence-electron chi connectivity index (χ4n) is 10.5. The lowest BCUT2D eigenvalue weighted by Gasteiger charge is -2.36. The molecule has 25 nitrogen and oxygen atoms in total. The molecule has 0 saturated carbocycles. The number of hydrogen-bond acceptors (Lipinski definition) is 14. The van der Waals surface area contributed by atoms with Crippen LogP contribution in [0.1, 0.15) is 216 Å². The normalized spacial score (nSPS) is 12.7. The summed E-state index contributed by atoms with van der Waals surface area (Å²) >= 11 is 0. The first kappa shape index (κ1) is 78.2. The molecule has 0 rings (SSSR count). The predicted octanol–water partition coefficient (Wildman–Crippen LogP) is 6.48. The van der Waals surface area contributed by atoms with Gasteiger partial charge in [-0.25, -0.2) is 0 Å². The number of nitrogens with zero attached hydrogens (tertiary/aromatic N) is 4. The van der Waals surface area contributed by atoms with Crippen molar-refractivity contribution >= 4 is 82.7 Å². The van der Waals surface area contributed by atoms with E-state index in [9.17, 15) is 82.4 Å². The minimum absolute atomic E-state index is 0.00402. The molecule has 0 aromatic heterocycles. The number of Topliss-reactive ketones (excluding diaryl/α,β-unsaturated/α-hetero) is 3. The van der Waals surface area contributed by atoms with E-state index < -0.39 is 113 Å². The lowest BCUT2D eigenvalue weighted by molar-refractivity contribution is -0.145. The van der Waals surface area contributed by atoms with E-state index in [1.54, 1.807) is 55.4 Å². The Morgan fingerprint density at radius 1 is 0.271 bits per heavy atom. The quantitative estimate of drug-likeness (QED) is 0.0320. The molecule has 0 aromatic rings. The van der Waals surface area contributed by atoms with Crippen molar-refractivity contribution in [3.05, 3.63) is 0 Å². The summed E-state index contributed by atoms with van der Waals surface area (Å²) in [6.07, 6.45) is -1.18. The molecule has 25 heteroatoms. The third-order valence-corrected chi connectivity index (χ3v) is 14.4. The van der Waals surface area contributed by atoms with Crippen LogP contribution >= 0.6 is 0 Å². The Hall–Kier alpha value is -6.82. The number of ketones is 3. The van der Waals surface area contributed by atoms with Gasteiger partial charge < -0.3 is 55.6 Å². The Labute approximate surface area is 500 Å². The first-order chi connectivity index (χ1) is 39.8. The Bertz CT molecular complexity index is 2210. The SMILES string of the molecule is CC(C)C(C(=O)CCCCC(=O)O)N(CCCC(=O)O)C(=O)CCCCC(=O)C(C(C)C)N(CCCC(=O)N(CCCC(=O)O)C(C(=O)NCCCC(=O)O)C(C)C)C(=O)CCCC(=O)N(CCCC(=O)O)C(C(=O)CCCCC(=O)O)C(C)C. The van der Waals surface area contributed by atoms with Crippen molar-refractivity contribution in [1.29, 1.82) is 0 Å². The first-order valence-electron chi connectivity index (χ1n) is 30.2. The van der Waals surface area contributed by atoms with Gasteiger partial charge in [0.05, 0.1) is 18.1 Å². The van der Waals surface area contributed by atoms with Crippen LogP contribution in [0, 0.1) is 23.7 Å². The second-order valence-electron chi connectivity index (χ2n) is 23.1. The van der Waals surface area contributed by atoms with Gasteiger partial charge >= 0.3 is 35.8 Å². The average molecular weight is 1210 g/mol. The third kappa shape index (κ3) is 32.9. The van der Waals surface area contributed by atoms with E-state index >= 15 is 0 Å². The number of carbonyl (C=O) groups excluding carboxylic acids is 8. The van der Waals surface area contributed by atoms with Crippen molar-refractivity contribution in [3.8, 4) is 0 Å². The number of nitrogens with one attached hydrogen (secondary N) is 1. The van der Waals surface area contributed by atoms with E-state index in [0.29, 0.717) is 0 Å². The summed E-state index contributed by atoms with van der Waals surface area (Å²) in [6.45, 7) is 13.3. The number of carboxylic acids is 6. The molecule has 0 bridgehead atoms. The molecule has 0 aromatic carbocycles. The zero-order chi connectivity index (χ0) is 64.9. The van der Waals surface area contributed by atoms with Gasteiger partial charge in [-0.05, 0) is 101 Å².